The predicted octanol–water partition coefficient (Wildman–Crippen LogP) is 5.87. The molecule has 0 spiro atoms. The number of fused-ring (bicyclic) bond motifs is 1. The molecule has 0 N–H and O–H groups in total. The van der Waals surface area contributed by atoms with Crippen LogP contribution in [0.5, 0.6) is 17.2 Å². The highest BCUT2D eigenvalue weighted by atomic mass is 32.2. The molecule has 39 heavy (non-hydrogen) atoms. The number of aryl methyl sites for hydroxylation is 2. The Morgan fingerprint density at radius 2 is 1.72 bits per heavy atom. The maximum Gasteiger partial charge on any atom is 0.303 e. The second-order valence-corrected chi connectivity index (χ2v) is 12.0. The summed E-state index contributed by atoms with van der Waals surface area (Å²) < 4.78 is 45.8. The molecule has 0 unspecified atom stereocenters. The molecule has 0 aromatic heterocycles. The highest BCUT2D eigenvalue weighted by Gasteiger charge is 2.27. The summed E-state index contributed by atoms with van der Waals surface area (Å²) in [5.41, 5.74) is 6.58. The molecule has 0 fully saturated rings. The van der Waals surface area contributed by atoms with E-state index in [1.807, 2.05) is 30.3 Å². The first-order valence-corrected chi connectivity index (χ1v) is 15.3. The molecule has 0 amide bonds. The van der Waals surface area contributed by atoms with E-state index in [0.29, 0.717) is 37.7 Å². The Labute approximate surface area is 231 Å². The van der Waals surface area contributed by atoms with Crippen molar-refractivity contribution in [2.75, 3.05) is 25.2 Å². The number of carbonyl (C=O) groups excluding carboxylic acids is 1. The van der Waals surface area contributed by atoms with Crippen molar-refractivity contribution in [1.82, 2.24) is 0 Å². The summed E-state index contributed by atoms with van der Waals surface area (Å²) in [4.78, 5) is 11.3. The lowest BCUT2D eigenvalue weighted by molar-refractivity contribution is -0.147. The van der Waals surface area contributed by atoms with Gasteiger partial charge in [-0.15, -0.1) is 0 Å². The molecule has 1 aliphatic heterocycles. The van der Waals surface area contributed by atoms with Crippen molar-refractivity contribution >= 4 is 15.8 Å². The van der Waals surface area contributed by atoms with E-state index < -0.39 is 9.84 Å². The molecular formula is C31H36O7S. The molecular weight excluding hydrogens is 516 g/mol. The summed E-state index contributed by atoms with van der Waals surface area (Å²) in [7, 11) is -3.00. The summed E-state index contributed by atoms with van der Waals surface area (Å²) in [6, 6.07) is 18.1. The number of esters is 1. The van der Waals surface area contributed by atoms with Crippen molar-refractivity contribution < 1.29 is 32.2 Å². The van der Waals surface area contributed by atoms with E-state index in [1.54, 1.807) is 0 Å². The highest BCUT2D eigenvalue weighted by Crippen LogP contribution is 2.38. The van der Waals surface area contributed by atoms with Crippen molar-refractivity contribution in [3.05, 3.63) is 76.9 Å². The largest absolute Gasteiger partial charge is 0.494 e. The molecule has 0 saturated heterocycles. The van der Waals surface area contributed by atoms with Crippen molar-refractivity contribution in [3.63, 3.8) is 0 Å². The van der Waals surface area contributed by atoms with Crippen molar-refractivity contribution in [1.29, 1.82) is 0 Å². The second kappa shape index (κ2) is 12.6. The first-order valence-electron chi connectivity index (χ1n) is 13.3. The zero-order valence-corrected chi connectivity index (χ0v) is 23.8. The topological polar surface area (TPSA) is 88.1 Å². The number of rotatable bonds is 12. The average molecular weight is 553 g/mol. The van der Waals surface area contributed by atoms with Gasteiger partial charge in [0, 0.05) is 24.8 Å². The van der Waals surface area contributed by atoms with Crippen LogP contribution in [0.1, 0.15) is 55.5 Å². The fourth-order valence-electron chi connectivity index (χ4n) is 4.79. The molecule has 7 nitrogen and oxygen atoms in total. The quantitative estimate of drug-likeness (QED) is 0.205. The molecule has 208 valence electrons. The van der Waals surface area contributed by atoms with Crippen LogP contribution in [0.3, 0.4) is 0 Å². The minimum absolute atomic E-state index is 0.120. The molecule has 8 heteroatoms. The SMILES string of the molecule is CCc1cc(OCCCS(C)(=O)=O)cc(CC)c1-c1cccc(COc2ccc3c(c2)OC[C@H]3OC(C)=O)c1. The second-order valence-electron chi connectivity index (χ2n) is 9.75. The minimum Gasteiger partial charge on any atom is -0.494 e. The van der Waals surface area contributed by atoms with Gasteiger partial charge < -0.3 is 18.9 Å². The smallest absolute Gasteiger partial charge is 0.303 e. The van der Waals surface area contributed by atoms with Gasteiger partial charge in [0.2, 0.25) is 0 Å². The lowest BCUT2D eigenvalue weighted by atomic mass is 9.90. The maximum absolute atomic E-state index is 11.4. The van der Waals surface area contributed by atoms with E-state index in [4.69, 9.17) is 18.9 Å². The Balaban J connectivity index is 1.48. The predicted molar refractivity (Wildman–Crippen MR) is 151 cm³/mol. The van der Waals surface area contributed by atoms with Crippen LogP contribution >= 0.6 is 0 Å². The third-order valence-electron chi connectivity index (χ3n) is 6.62. The summed E-state index contributed by atoms with van der Waals surface area (Å²) in [5.74, 6) is 1.92. The van der Waals surface area contributed by atoms with Gasteiger partial charge >= 0.3 is 5.97 Å². The van der Waals surface area contributed by atoms with Crippen LogP contribution in [0.4, 0.5) is 0 Å². The Morgan fingerprint density at radius 1 is 0.974 bits per heavy atom. The van der Waals surface area contributed by atoms with Crippen LogP contribution in [0, 0.1) is 0 Å². The zero-order chi connectivity index (χ0) is 28.0. The van der Waals surface area contributed by atoms with Crippen LogP contribution in [0.25, 0.3) is 11.1 Å². The molecule has 0 bridgehead atoms. The molecule has 3 aromatic rings. The first kappa shape index (κ1) is 28.5. The van der Waals surface area contributed by atoms with E-state index in [2.05, 4.69) is 38.1 Å². The number of hydrogen-bond acceptors (Lipinski definition) is 7. The third-order valence-corrected chi connectivity index (χ3v) is 7.65. The van der Waals surface area contributed by atoms with E-state index in [9.17, 15) is 13.2 Å². The Hall–Kier alpha value is -3.52. The number of benzene rings is 3. The zero-order valence-electron chi connectivity index (χ0n) is 23.0. The molecule has 1 heterocycles. The van der Waals surface area contributed by atoms with Gasteiger partial charge in [-0.1, -0.05) is 32.0 Å². The minimum atomic E-state index is -3.00. The van der Waals surface area contributed by atoms with E-state index in [-0.39, 0.29) is 17.8 Å². The van der Waals surface area contributed by atoms with Gasteiger partial charge in [0.15, 0.2) is 6.10 Å². The van der Waals surface area contributed by atoms with Crippen LogP contribution in [-0.4, -0.2) is 39.6 Å². The van der Waals surface area contributed by atoms with Gasteiger partial charge in [-0.2, -0.15) is 0 Å². The van der Waals surface area contributed by atoms with Gasteiger partial charge in [-0.3, -0.25) is 4.79 Å². The molecule has 3 aromatic carbocycles. The summed E-state index contributed by atoms with van der Waals surface area (Å²) in [6.45, 7) is 6.71. The lowest BCUT2D eigenvalue weighted by Gasteiger charge is -2.18. The molecule has 1 aliphatic rings. The number of hydrogen-bond donors (Lipinski definition) is 0. The monoisotopic (exact) mass is 552 g/mol. The summed E-state index contributed by atoms with van der Waals surface area (Å²) in [5, 5.41) is 0. The van der Waals surface area contributed by atoms with Gasteiger partial charge in [-0.25, -0.2) is 8.42 Å². The fourth-order valence-corrected chi connectivity index (χ4v) is 5.43. The Bertz CT molecular complexity index is 1400. The number of carbonyl (C=O) groups is 1. The molecule has 0 aliphatic carbocycles. The first-order chi connectivity index (χ1) is 18.7. The Kier molecular flexibility index (Phi) is 9.17. The Morgan fingerprint density at radius 3 is 2.38 bits per heavy atom. The van der Waals surface area contributed by atoms with Gasteiger partial charge in [0.25, 0.3) is 0 Å². The average Bonchev–Trinajstić information content (AvgIpc) is 3.30. The van der Waals surface area contributed by atoms with Crippen molar-refractivity contribution in [2.45, 2.75) is 52.7 Å². The van der Waals surface area contributed by atoms with Crippen molar-refractivity contribution in [3.8, 4) is 28.4 Å². The summed E-state index contributed by atoms with van der Waals surface area (Å²) in [6.07, 6.45) is 3.01. The van der Waals surface area contributed by atoms with Gasteiger partial charge in [0.1, 0.15) is 40.3 Å². The third kappa shape index (κ3) is 7.53. The van der Waals surface area contributed by atoms with Crippen molar-refractivity contribution in [2.24, 2.45) is 0 Å². The molecule has 0 radical (unpaired) electrons. The summed E-state index contributed by atoms with van der Waals surface area (Å²) >= 11 is 0. The van der Waals surface area contributed by atoms with Gasteiger partial charge in [-0.05, 0) is 77.4 Å². The van der Waals surface area contributed by atoms with Crippen LogP contribution in [0.15, 0.2) is 54.6 Å². The normalized spacial score (nSPS) is 14.4. The fraction of sp³-hybridized carbons (Fsp3) is 0.387. The van der Waals surface area contributed by atoms with Crippen LogP contribution in [0.2, 0.25) is 0 Å². The van der Waals surface area contributed by atoms with Crippen LogP contribution < -0.4 is 14.2 Å². The van der Waals surface area contributed by atoms with Crippen LogP contribution in [-0.2, 0) is 38.8 Å². The van der Waals surface area contributed by atoms with E-state index in [1.165, 1.54) is 29.9 Å². The molecule has 4 rings (SSSR count). The van der Waals surface area contributed by atoms with Gasteiger partial charge in [0.05, 0.1) is 12.4 Å². The van der Waals surface area contributed by atoms with E-state index in [0.717, 1.165) is 35.3 Å². The highest BCUT2D eigenvalue weighted by molar-refractivity contribution is 7.90. The lowest BCUT2D eigenvalue weighted by Crippen LogP contribution is -2.09. The molecule has 0 saturated carbocycles. The number of ether oxygens (including phenoxy) is 4. The number of sulfone groups is 1. The maximum atomic E-state index is 11.4. The van der Waals surface area contributed by atoms with E-state index >= 15 is 0 Å². The standard InChI is InChI=1S/C31H36O7S/c1-5-23-16-27(35-13-8-14-39(4,33)34)17-24(6-2)31(23)25-10-7-9-22(15-25)19-36-26-11-12-28-29(18-26)37-20-30(28)38-21(3)32/h7,9-12,15-18,30H,5-6,8,13-14,19-20H2,1-4H3/t30-/m1/s1. The molecule has 1 atom stereocenters.